The van der Waals surface area contributed by atoms with E-state index in [0.29, 0.717) is 31.8 Å². The molecule has 10 nitrogen and oxygen atoms in total. The number of ether oxygens (including phenoxy) is 1. The SMILES string of the molecule is COc1ccc2ncc(=O)n(CCN3CC[C@@H](N)[C@@H](F)C3)c2c1.O=C(O)C(F)(F)F.O=C(O)C(F)(F)F. The lowest BCUT2D eigenvalue weighted by atomic mass is 10.0. The minimum atomic E-state index is -5.08. The number of likely N-dealkylation sites (tertiary alicyclic amines) is 1. The van der Waals surface area contributed by atoms with E-state index in [2.05, 4.69) is 4.98 Å². The molecule has 0 aliphatic carbocycles. The lowest BCUT2D eigenvalue weighted by molar-refractivity contribution is -0.193. The lowest BCUT2D eigenvalue weighted by Gasteiger charge is -2.32. The Morgan fingerprint density at radius 2 is 1.65 bits per heavy atom. The molecule has 1 saturated heterocycles. The van der Waals surface area contributed by atoms with Crippen LogP contribution in [0.4, 0.5) is 30.7 Å². The Hall–Kier alpha value is -3.47. The first-order valence-corrected chi connectivity index (χ1v) is 10.2. The van der Waals surface area contributed by atoms with Gasteiger partial charge in [0.25, 0.3) is 5.56 Å². The van der Waals surface area contributed by atoms with Gasteiger partial charge in [0.05, 0.1) is 24.3 Å². The average Bonchev–Trinajstić information content (AvgIpc) is 2.79. The molecule has 4 N–H and O–H groups in total. The summed E-state index contributed by atoms with van der Waals surface area (Å²) in [6.45, 7) is 2.15. The van der Waals surface area contributed by atoms with E-state index >= 15 is 0 Å². The molecule has 2 atom stereocenters. The Morgan fingerprint density at radius 1 is 1.11 bits per heavy atom. The Balaban J connectivity index is 0.000000404. The number of methoxy groups -OCH3 is 1. The molecule has 2 aromatic rings. The fourth-order valence-corrected chi connectivity index (χ4v) is 2.93. The monoisotopic (exact) mass is 548 g/mol. The second-order valence-electron chi connectivity index (χ2n) is 7.48. The number of aliphatic carboxylic acids is 2. The van der Waals surface area contributed by atoms with Crippen LogP contribution in [0.1, 0.15) is 6.42 Å². The highest BCUT2D eigenvalue weighted by Gasteiger charge is 2.38. The molecule has 0 amide bonds. The summed E-state index contributed by atoms with van der Waals surface area (Å²) in [6, 6.07) is 5.05. The molecular formula is C20H23F7N4O6. The maximum absolute atomic E-state index is 13.7. The number of rotatable bonds is 4. The number of carbonyl (C=O) groups is 2. The molecule has 0 radical (unpaired) electrons. The summed E-state index contributed by atoms with van der Waals surface area (Å²) >= 11 is 0. The van der Waals surface area contributed by atoms with E-state index in [-0.39, 0.29) is 11.6 Å². The number of alkyl halides is 7. The van der Waals surface area contributed by atoms with Gasteiger partial charge in [-0.25, -0.2) is 19.0 Å². The number of benzene rings is 1. The van der Waals surface area contributed by atoms with Gasteiger partial charge in [0.15, 0.2) is 0 Å². The Kier molecular flexibility index (Phi) is 11.2. The second-order valence-corrected chi connectivity index (χ2v) is 7.48. The maximum atomic E-state index is 13.7. The maximum Gasteiger partial charge on any atom is 0.490 e. The number of halogens is 7. The number of nitrogens with zero attached hydrogens (tertiary/aromatic N) is 3. The van der Waals surface area contributed by atoms with Crippen LogP contribution >= 0.6 is 0 Å². The summed E-state index contributed by atoms with van der Waals surface area (Å²) in [5.74, 6) is -4.84. The van der Waals surface area contributed by atoms with Crippen molar-refractivity contribution in [1.82, 2.24) is 14.5 Å². The molecule has 3 rings (SSSR count). The average molecular weight is 548 g/mol. The van der Waals surface area contributed by atoms with Gasteiger partial charge in [0.2, 0.25) is 0 Å². The van der Waals surface area contributed by atoms with Gasteiger partial charge in [-0.2, -0.15) is 26.3 Å². The molecule has 1 aromatic heterocycles. The van der Waals surface area contributed by atoms with Gasteiger partial charge in [-0.15, -0.1) is 0 Å². The minimum absolute atomic E-state index is 0.170. The van der Waals surface area contributed by atoms with Crippen LogP contribution in [-0.2, 0) is 16.1 Å². The standard InChI is InChI=1S/C16H21FN4O2.2C2HF3O2/c1-23-11-2-3-14-15(8-11)21(16(22)9-19-14)7-6-20-5-4-13(18)12(17)10-20;2*3-2(4,5)1(6)7/h2-3,8-9,12-13H,4-7,10,18H2,1H3;2*(H,6,7)/t12-,13+;;/m0../s1. The normalized spacial score (nSPS) is 18.2. The van der Waals surface area contributed by atoms with Gasteiger partial charge in [-0.05, 0) is 25.1 Å². The summed E-state index contributed by atoms with van der Waals surface area (Å²) in [4.78, 5) is 36.1. The number of carboxylic acids is 2. The Morgan fingerprint density at radius 3 is 2.11 bits per heavy atom. The van der Waals surface area contributed by atoms with Gasteiger partial charge >= 0.3 is 24.3 Å². The van der Waals surface area contributed by atoms with Crippen LogP contribution in [0.15, 0.2) is 29.2 Å². The fraction of sp³-hybridized carbons (Fsp3) is 0.500. The van der Waals surface area contributed by atoms with Gasteiger partial charge in [0.1, 0.15) is 11.9 Å². The Labute approximate surface area is 204 Å². The van der Waals surface area contributed by atoms with E-state index in [4.69, 9.17) is 30.3 Å². The molecule has 1 aliphatic heterocycles. The molecule has 1 aromatic carbocycles. The van der Waals surface area contributed by atoms with Crippen molar-refractivity contribution in [2.24, 2.45) is 5.73 Å². The largest absolute Gasteiger partial charge is 0.497 e. The highest BCUT2D eigenvalue weighted by molar-refractivity contribution is 5.76. The molecule has 2 heterocycles. The van der Waals surface area contributed by atoms with Gasteiger partial charge in [-0.1, -0.05) is 0 Å². The van der Waals surface area contributed by atoms with E-state index in [1.807, 2.05) is 17.0 Å². The van der Waals surface area contributed by atoms with Crippen LogP contribution in [0, 0.1) is 0 Å². The molecular weight excluding hydrogens is 525 g/mol. The lowest BCUT2D eigenvalue weighted by Crippen LogP contribution is -2.49. The molecule has 1 fully saturated rings. The van der Waals surface area contributed by atoms with Crippen LogP contribution in [0.25, 0.3) is 11.0 Å². The van der Waals surface area contributed by atoms with Gasteiger partial charge < -0.3 is 25.3 Å². The third kappa shape index (κ3) is 10.2. The van der Waals surface area contributed by atoms with Crippen LogP contribution in [-0.4, -0.2) is 87.9 Å². The van der Waals surface area contributed by atoms with Crippen molar-refractivity contribution >= 4 is 23.0 Å². The van der Waals surface area contributed by atoms with Crippen LogP contribution < -0.4 is 16.0 Å². The van der Waals surface area contributed by atoms with E-state index in [1.54, 1.807) is 17.7 Å². The number of nitrogens with two attached hydrogens (primary N) is 1. The van der Waals surface area contributed by atoms with Crippen LogP contribution in [0.3, 0.4) is 0 Å². The van der Waals surface area contributed by atoms with Crippen molar-refractivity contribution in [2.75, 3.05) is 26.7 Å². The van der Waals surface area contributed by atoms with E-state index in [1.165, 1.54) is 6.20 Å². The predicted molar refractivity (Wildman–Crippen MR) is 114 cm³/mol. The summed E-state index contributed by atoms with van der Waals surface area (Å²) < 4.78 is 84.1. The molecule has 0 bridgehead atoms. The first-order valence-electron chi connectivity index (χ1n) is 10.2. The molecule has 0 saturated carbocycles. The third-order valence-electron chi connectivity index (χ3n) is 4.85. The van der Waals surface area contributed by atoms with E-state index in [9.17, 15) is 35.5 Å². The van der Waals surface area contributed by atoms with Gasteiger partial charge in [0, 0.05) is 31.7 Å². The predicted octanol–water partition coefficient (Wildman–Crippen LogP) is 2.04. The minimum Gasteiger partial charge on any atom is -0.497 e. The zero-order valence-corrected chi connectivity index (χ0v) is 19.1. The molecule has 0 spiro atoms. The van der Waals surface area contributed by atoms with Crippen molar-refractivity contribution in [3.63, 3.8) is 0 Å². The number of hydrogen-bond donors (Lipinski definition) is 3. The molecule has 208 valence electrons. The first kappa shape index (κ1) is 31.6. The second kappa shape index (κ2) is 13.2. The fourth-order valence-electron chi connectivity index (χ4n) is 2.93. The van der Waals surface area contributed by atoms with E-state index in [0.717, 1.165) is 17.6 Å². The number of piperidine rings is 1. The number of fused-ring (bicyclic) bond motifs is 1. The van der Waals surface area contributed by atoms with Crippen molar-refractivity contribution < 1.29 is 55.3 Å². The van der Waals surface area contributed by atoms with Crippen molar-refractivity contribution in [3.05, 3.63) is 34.7 Å². The molecule has 17 heteroatoms. The summed E-state index contributed by atoms with van der Waals surface area (Å²) in [5, 5.41) is 14.2. The van der Waals surface area contributed by atoms with Gasteiger partial charge in [-0.3, -0.25) is 9.69 Å². The number of aromatic nitrogens is 2. The molecule has 0 unspecified atom stereocenters. The first-order chi connectivity index (χ1) is 17.0. The van der Waals surface area contributed by atoms with Crippen molar-refractivity contribution in [3.8, 4) is 5.75 Å². The quantitative estimate of drug-likeness (QED) is 0.488. The molecule has 1 aliphatic rings. The summed E-state index contributed by atoms with van der Waals surface area (Å²) in [7, 11) is 1.58. The van der Waals surface area contributed by atoms with Crippen molar-refractivity contribution in [2.45, 2.75) is 37.5 Å². The van der Waals surface area contributed by atoms with Crippen LogP contribution in [0.5, 0.6) is 5.75 Å². The zero-order valence-electron chi connectivity index (χ0n) is 19.1. The summed E-state index contributed by atoms with van der Waals surface area (Å²) in [6.07, 6.45) is -9.21. The summed E-state index contributed by atoms with van der Waals surface area (Å²) in [5.41, 5.74) is 6.98. The zero-order chi connectivity index (χ0) is 28.6. The topological polar surface area (TPSA) is 148 Å². The molecule has 37 heavy (non-hydrogen) atoms. The van der Waals surface area contributed by atoms with Crippen LogP contribution in [0.2, 0.25) is 0 Å². The highest BCUT2D eigenvalue weighted by Crippen LogP contribution is 2.18. The third-order valence-corrected chi connectivity index (χ3v) is 4.85. The van der Waals surface area contributed by atoms with Crippen molar-refractivity contribution in [1.29, 1.82) is 0 Å². The van der Waals surface area contributed by atoms with E-state index < -0.39 is 30.5 Å². The highest BCUT2D eigenvalue weighted by atomic mass is 19.4. The number of hydrogen-bond acceptors (Lipinski definition) is 7. The number of carboxylic acid groups (broad SMARTS) is 2. The smallest absolute Gasteiger partial charge is 0.490 e. The Bertz CT molecular complexity index is 1100.